The summed E-state index contributed by atoms with van der Waals surface area (Å²) in [7, 11) is 1.34. The van der Waals surface area contributed by atoms with E-state index >= 15 is 0 Å². The van der Waals surface area contributed by atoms with Crippen molar-refractivity contribution in [2.75, 3.05) is 7.11 Å². The van der Waals surface area contributed by atoms with Gasteiger partial charge in [-0.25, -0.2) is 4.79 Å². The largest absolute Gasteiger partial charge is 0.467 e. The zero-order valence-electron chi connectivity index (χ0n) is 19.4. The van der Waals surface area contributed by atoms with Gasteiger partial charge in [0.25, 0.3) is 0 Å². The van der Waals surface area contributed by atoms with Crippen LogP contribution in [0.2, 0.25) is 0 Å². The molecule has 0 saturated carbocycles. The van der Waals surface area contributed by atoms with Gasteiger partial charge in [-0.05, 0) is 50.9 Å². The van der Waals surface area contributed by atoms with Gasteiger partial charge >= 0.3 is 5.97 Å². The van der Waals surface area contributed by atoms with Crippen LogP contribution in [-0.4, -0.2) is 25.0 Å². The van der Waals surface area contributed by atoms with Crippen LogP contribution in [0.15, 0.2) is 115 Å². The Morgan fingerprint density at radius 3 is 1.60 bits per heavy atom. The van der Waals surface area contributed by atoms with Gasteiger partial charge < -0.3 is 10.1 Å². The van der Waals surface area contributed by atoms with E-state index in [1.165, 1.54) is 7.11 Å². The second-order valence-corrected chi connectivity index (χ2v) is 9.36. The van der Waals surface area contributed by atoms with E-state index in [0.29, 0.717) is 6.42 Å². The second kappa shape index (κ2) is 11.3. The molecule has 0 aliphatic heterocycles. The number of hydrogen-bond acceptors (Lipinski definition) is 3. The number of rotatable bonds is 8. The van der Waals surface area contributed by atoms with Gasteiger partial charge in [0.15, 0.2) is 0 Å². The van der Waals surface area contributed by atoms with Crippen molar-refractivity contribution in [2.45, 2.75) is 17.9 Å². The maximum atomic E-state index is 14.5. The summed E-state index contributed by atoms with van der Waals surface area (Å²) in [6, 6.07) is 36.0. The highest BCUT2D eigenvalue weighted by molar-refractivity contribution is 14.1. The highest BCUT2D eigenvalue weighted by Gasteiger charge is 2.45. The predicted molar refractivity (Wildman–Crippen MR) is 146 cm³/mol. The first kappa shape index (κ1) is 24.7. The average Bonchev–Trinajstić information content (AvgIpc) is 2.91. The van der Waals surface area contributed by atoms with Crippen molar-refractivity contribution in [1.29, 1.82) is 0 Å². The van der Waals surface area contributed by atoms with Crippen LogP contribution >= 0.6 is 22.6 Å². The lowest BCUT2D eigenvalue weighted by molar-refractivity contribution is -0.145. The van der Waals surface area contributed by atoms with Gasteiger partial charge in [0.2, 0.25) is 5.91 Å². The number of benzene rings is 4. The van der Waals surface area contributed by atoms with E-state index in [2.05, 4.69) is 27.9 Å². The number of carbonyl (C=O) groups excluding carboxylic acids is 2. The molecule has 0 aliphatic rings. The predicted octanol–water partition coefficient (Wildman–Crippen LogP) is 5.53. The Morgan fingerprint density at radius 1 is 0.743 bits per heavy atom. The van der Waals surface area contributed by atoms with Crippen molar-refractivity contribution in [3.8, 4) is 0 Å². The molecule has 0 fully saturated rings. The fourth-order valence-corrected chi connectivity index (χ4v) is 5.05. The molecular weight excluding hydrogens is 549 g/mol. The molecule has 4 rings (SSSR count). The molecule has 0 unspecified atom stereocenters. The van der Waals surface area contributed by atoms with E-state index in [0.717, 1.165) is 25.8 Å². The molecule has 4 nitrogen and oxygen atoms in total. The fraction of sp³-hybridized carbons (Fsp3) is 0.133. The maximum absolute atomic E-state index is 14.5. The molecule has 0 heterocycles. The van der Waals surface area contributed by atoms with Crippen molar-refractivity contribution in [1.82, 2.24) is 5.32 Å². The van der Waals surface area contributed by atoms with Crippen LogP contribution in [0.3, 0.4) is 0 Å². The molecule has 35 heavy (non-hydrogen) atoms. The smallest absolute Gasteiger partial charge is 0.328 e. The van der Waals surface area contributed by atoms with Gasteiger partial charge in [-0.15, -0.1) is 0 Å². The third-order valence-corrected chi connectivity index (χ3v) is 7.19. The fourth-order valence-electron chi connectivity index (χ4n) is 4.44. The summed E-state index contributed by atoms with van der Waals surface area (Å²) in [4.78, 5) is 27.3. The first-order valence-corrected chi connectivity index (χ1v) is 12.4. The molecular formula is C30H26INO3. The molecule has 5 heteroatoms. The van der Waals surface area contributed by atoms with Gasteiger partial charge in [0.05, 0.1) is 7.11 Å². The molecule has 0 aliphatic carbocycles. The molecule has 4 aromatic rings. The van der Waals surface area contributed by atoms with Crippen molar-refractivity contribution >= 4 is 34.5 Å². The Hall–Kier alpha value is -3.45. The normalized spacial score (nSPS) is 11.9. The van der Waals surface area contributed by atoms with Crippen LogP contribution in [0.1, 0.15) is 22.3 Å². The Balaban J connectivity index is 1.86. The molecule has 1 atom stereocenters. The van der Waals surface area contributed by atoms with Gasteiger partial charge in [0, 0.05) is 9.99 Å². The number of ether oxygens (including phenoxy) is 1. The van der Waals surface area contributed by atoms with Gasteiger partial charge in [-0.3, -0.25) is 4.79 Å². The molecule has 176 valence electrons. The van der Waals surface area contributed by atoms with E-state index in [1.54, 1.807) is 0 Å². The third-order valence-electron chi connectivity index (χ3n) is 6.13. The Bertz CT molecular complexity index is 1180. The van der Waals surface area contributed by atoms with Crippen molar-refractivity contribution in [2.24, 2.45) is 0 Å². The molecule has 0 radical (unpaired) electrons. The summed E-state index contributed by atoms with van der Waals surface area (Å²) < 4.78 is 6.12. The Labute approximate surface area is 219 Å². The molecule has 1 N–H and O–H groups in total. The molecule has 0 spiro atoms. The van der Waals surface area contributed by atoms with Gasteiger partial charge in [-0.2, -0.15) is 0 Å². The lowest BCUT2D eigenvalue weighted by Crippen LogP contribution is -2.52. The highest BCUT2D eigenvalue weighted by Crippen LogP contribution is 2.39. The molecule has 0 saturated heterocycles. The first-order valence-electron chi connectivity index (χ1n) is 11.4. The number of esters is 1. The number of nitrogens with one attached hydrogen (secondary N) is 1. The average molecular weight is 575 g/mol. The number of halogens is 1. The monoisotopic (exact) mass is 575 g/mol. The van der Waals surface area contributed by atoms with Crippen molar-refractivity contribution in [3.63, 3.8) is 0 Å². The minimum atomic E-state index is -1.17. The lowest BCUT2D eigenvalue weighted by atomic mass is 9.68. The number of amides is 1. The van der Waals surface area contributed by atoms with Gasteiger partial charge in [0.1, 0.15) is 11.5 Å². The number of methoxy groups -OCH3 is 1. The van der Waals surface area contributed by atoms with Gasteiger partial charge in [-0.1, -0.05) is 109 Å². The van der Waals surface area contributed by atoms with Crippen LogP contribution in [-0.2, 0) is 26.2 Å². The van der Waals surface area contributed by atoms with E-state index in [4.69, 9.17) is 4.74 Å². The Morgan fingerprint density at radius 2 is 1.17 bits per heavy atom. The standard InChI is InChI=1S/C30H26INO3/c1-35-28(33)27(21-22-13-11-12-20-26(22)31)32-29(34)30(23-14-5-2-6-15-23,24-16-7-3-8-17-24)25-18-9-4-10-19-25/h2-20,27H,21H2,1H3,(H,32,34)/t27-/m0/s1. The van der Waals surface area contributed by atoms with Crippen LogP contribution in [0.25, 0.3) is 0 Å². The molecule has 4 aromatic carbocycles. The van der Waals surface area contributed by atoms with E-state index in [1.807, 2.05) is 115 Å². The minimum absolute atomic E-state index is 0.289. The molecule has 1 amide bonds. The summed E-state index contributed by atoms with van der Waals surface area (Å²) >= 11 is 2.24. The topological polar surface area (TPSA) is 55.4 Å². The van der Waals surface area contributed by atoms with Crippen molar-refractivity contribution in [3.05, 3.63) is 141 Å². The summed E-state index contributed by atoms with van der Waals surface area (Å²) in [5.74, 6) is -0.775. The third kappa shape index (κ3) is 5.15. The quantitative estimate of drug-likeness (QED) is 0.171. The lowest BCUT2D eigenvalue weighted by Gasteiger charge is -2.35. The SMILES string of the molecule is COC(=O)[C@H](Cc1ccccc1I)NC(=O)C(c1ccccc1)(c1ccccc1)c1ccccc1. The van der Waals surface area contributed by atoms with Crippen LogP contribution in [0.4, 0.5) is 0 Å². The second-order valence-electron chi connectivity index (χ2n) is 8.19. The molecule has 0 bridgehead atoms. The summed E-state index contributed by atoms with van der Waals surface area (Å²) in [6.07, 6.45) is 0.325. The maximum Gasteiger partial charge on any atom is 0.328 e. The number of carbonyl (C=O) groups is 2. The Kier molecular flexibility index (Phi) is 7.98. The number of hydrogen-bond donors (Lipinski definition) is 1. The highest BCUT2D eigenvalue weighted by atomic mass is 127. The first-order chi connectivity index (χ1) is 17.1. The summed E-state index contributed by atoms with van der Waals surface area (Å²) in [5.41, 5.74) is 2.24. The summed E-state index contributed by atoms with van der Waals surface area (Å²) in [6.45, 7) is 0. The van der Waals surface area contributed by atoms with Crippen molar-refractivity contribution < 1.29 is 14.3 Å². The summed E-state index contributed by atoms with van der Waals surface area (Å²) in [5, 5.41) is 3.06. The van der Waals surface area contributed by atoms with Crippen LogP contribution in [0, 0.1) is 3.57 Å². The zero-order chi connectivity index (χ0) is 24.7. The zero-order valence-corrected chi connectivity index (χ0v) is 21.5. The van der Waals surface area contributed by atoms with Crippen LogP contribution in [0.5, 0.6) is 0 Å². The minimum Gasteiger partial charge on any atom is -0.467 e. The van der Waals surface area contributed by atoms with E-state index in [9.17, 15) is 9.59 Å². The molecule has 0 aromatic heterocycles. The van der Waals surface area contributed by atoms with E-state index in [-0.39, 0.29) is 5.91 Å². The van der Waals surface area contributed by atoms with E-state index < -0.39 is 17.4 Å². The van der Waals surface area contributed by atoms with Crippen LogP contribution < -0.4 is 5.32 Å².